The van der Waals surface area contributed by atoms with Crippen LogP contribution in [0.2, 0.25) is 0 Å². The van der Waals surface area contributed by atoms with Gasteiger partial charge in [0.05, 0.1) is 25.4 Å². The molecule has 182 valence electrons. The lowest BCUT2D eigenvalue weighted by Crippen LogP contribution is -2.80. The molecule has 2 heterocycles. The molecule has 2 atom stereocenters. The van der Waals surface area contributed by atoms with Crippen LogP contribution in [-0.2, 0) is 14.3 Å². The van der Waals surface area contributed by atoms with Gasteiger partial charge in [-0.3, -0.25) is 4.79 Å². The van der Waals surface area contributed by atoms with E-state index in [1.165, 1.54) is 10.5 Å². The van der Waals surface area contributed by atoms with Crippen molar-refractivity contribution in [2.75, 3.05) is 32.9 Å². The predicted octanol–water partition coefficient (Wildman–Crippen LogP) is 3.05. The smallest absolute Gasteiger partial charge is 0.317 e. The van der Waals surface area contributed by atoms with E-state index in [4.69, 9.17) is 9.47 Å². The van der Waals surface area contributed by atoms with Crippen molar-refractivity contribution in [2.24, 2.45) is 0 Å². The van der Waals surface area contributed by atoms with Crippen LogP contribution in [-0.4, -0.2) is 73.4 Å². The van der Waals surface area contributed by atoms with Crippen LogP contribution in [0.1, 0.15) is 50.5 Å². The van der Waals surface area contributed by atoms with Crippen LogP contribution in [0.4, 0.5) is 13.6 Å². The Labute approximate surface area is 193 Å². The first-order valence-corrected chi connectivity index (χ1v) is 11.8. The maximum Gasteiger partial charge on any atom is 0.317 e. The Hall–Kier alpha value is -2.26. The number of hydrogen-bond donors (Lipinski definition) is 2. The second-order valence-electron chi connectivity index (χ2n) is 9.23. The van der Waals surface area contributed by atoms with Crippen molar-refractivity contribution in [2.45, 2.75) is 68.6 Å². The summed E-state index contributed by atoms with van der Waals surface area (Å²) in [5.74, 6) is -3.37. The lowest BCUT2D eigenvalue weighted by Gasteiger charge is -2.54. The molecule has 2 unspecified atom stereocenters. The summed E-state index contributed by atoms with van der Waals surface area (Å²) in [6.07, 6.45) is 2.93. The Morgan fingerprint density at radius 2 is 1.97 bits per heavy atom. The van der Waals surface area contributed by atoms with Crippen LogP contribution in [0, 0.1) is 0 Å². The van der Waals surface area contributed by atoms with Crippen molar-refractivity contribution in [1.29, 1.82) is 0 Å². The summed E-state index contributed by atoms with van der Waals surface area (Å²) in [5, 5.41) is 5.20. The standard InChI is InChI=1S/C24H33F2N3O4/c1-2-27-22(31)29-13-12-24(25,26)23(16-32-15-21(30)28-23)20(29)14-33-19-10-8-18(9-11-19)17-6-4-3-5-7-17/h3-7,18-20H,2,8-16H2,1H3,(H,27,31)(H,28,30). The zero-order chi connectivity index (χ0) is 23.5. The fourth-order valence-electron chi connectivity index (χ4n) is 5.40. The van der Waals surface area contributed by atoms with E-state index in [9.17, 15) is 9.59 Å². The number of rotatable bonds is 5. The summed E-state index contributed by atoms with van der Waals surface area (Å²) < 4.78 is 42.0. The van der Waals surface area contributed by atoms with Gasteiger partial charge in [-0.15, -0.1) is 0 Å². The molecule has 0 radical (unpaired) electrons. The van der Waals surface area contributed by atoms with Crippen LogP contribution in [0.15, 0.2) is 30.3 Å². The molecular formula is C24H33F2N3O4. The third-order valence-corrected chi connectivity index (χ3v) is 7.21. The van der Waals surface area contributed by atoms with E-state index in [1.807, 2.05) is 18.2 Å². The van der Waals surface area contributed by atoms with Crippen LogP contribution in [0.25, 0.3) is 0 Å². The van der Waals surface area contributed by atoms with E-state index in [0.29, 0.717) is 12.5 Å². The van der Waals surface area contributed by atoms with Crippen molar-refractivity contribution in [3.05, 3.63) is 35.9 Å². The Balaban J connectivity index is 1.48. The number of likely N-dealkylation sites (tertiary alicyclic amines) is 1. The number of urea groups is 1. The van der Waals surface area contributed by atoms with Gasteiger partial charge in [0.15, 0.2) is 0 Å². The minimum absolute atomic E-state index is 0.0751. The predicted molar refractivity (Wildman–Crippen MR) is 118 cm³/mol. The number of carbonyl (C=O) groups is 2. The van der Waals surface area contributed by atoms with E-state index in [1.54, 1.807) is 6.92 Å². The minimum atomic E-state index is -3.23. The fraction of sp³-hybridized carbons (Fsp3) is 0.667. The highest BCUT2D eigenvalue weighted by Gasteiger charge is 2.65. The SMILES string of the molecule is CCNC(=O)N1CCC(F)(F)C2(COCC(=O)N2)C1COC1CCC(c2ccccc2)CC1. The number of morpholine rings is 1. The molecule has 0 bridgehead atoms. The van der Waals surface area contributed by atoms with E-state index in [2.05, 4.69) is 22.8 Å². The second kappa shape index (κ2) is 9.93. The van der Waals surface area contributed by atoms with E-state index in [0.717, 1.165) is 25.7 Å². The molecule has 1 spiro atoms. The van der Waals surface area contributed by atoms with Gasteiger partial charge in [0.1, 0.15) is 12.1 Å². The number of alkyl halides is 2. The number of hydrogen-bond acceptors (Lipinski definition) is 4. The lowest BCUT2D eigenvalue weighted by molar-refractivity contribution is -0.202. The fourth-order valence-corrected chi connectivity index (χ4v) is 5.40. The zero-order valence-corrected chi connectivity index (χ0v) is 19.0. The molecule has 2 N–H and O–H groups in total. The largest absolute Gasteiger partial charge is 0.376 e. The van der Waals surface area contributed by atoms with Gasteiger partial charge in [-0.25, -0.2) is 13.6 Å². The monoisotopic (exact) mass is 465 g/mol. The lowest BCUT2D eigenvalue weighted by atomic mass is 9.77. The number of ether oxygens (including phenoxy) is 2. The van der Waals surface area contributed by atoms with E-state index in [-0.39, 0.29) is 32.5 Å². The molecule has 0 aromatic heterocycles. The molecule has 1 aromatic rings. The number of benzene rings is 1. The summed E-state index contributed by atoms with van der Waals surface area (Å²) >= 11 is 0. The highest BCUT2D eigenvalue weighted by Crippen LogP contribution is 2.43. The number of nitrogens with zero attached hydrogens (tertiary/aromatic N) is 1. The van der Waals surface area contributed by atoms with Gasteiger partial charge in [0.25, 0.3) is 5.92 Å². The molecule has 7 nitrogen and oxygen atoms in total. The summed E-state index contributed by atoms with van der Waals surface area (Å²) in [7, 11) is 0. The summed E-state index contributed by atoms with van der Waals surface area (Å²) in [6, 6.07) is 8.87. The highest BCUT2D eigenvalue weighted by atomic mass is 19.3. The number of nitrogens with one attached hydrogen (secondary N) is 2. The zero-order valence-electron chi connectivity index (χ0n) is 19.0. The third kappa shape index (κ3) is 4.84. The molecule has 1 aromatic carbocycles. The second-order valence-corrected chi connectivity index (χ2v) is 9.23. The molecule has 2 aliphatic heterocycles. The number of halogens is 2. The molecular weight excluding hydrogens is 432 g/mol. The average Bonchev–Trinajstić information content (AvgIpc) is 2.81. The quantitative estimate of drug-likeness (QED) is 0.701. The first-order chi connectivity index (χ1) is 15.9. The molecule has 33 heavy (non-hydrogen) atoms. The first kappa shape index (κ1) is 23.9. The molecule has 9 heteroatoms. The van der Waals surface area contributed by atoms with Gasteiger partial charge in [-0.2, -0.15) is 0 Å². The van der Waals surface area contributed by atoms with Gasteiger partial charge < -0.3 is 25.0 Å². The molecule has 3 fully saturated rings. The third-order valence-electron chi connectivity index (χ3n) is 7.21. The van der Waals surface area contributed by atoms with Crippen molar-refractivity contribution >= 4 is 11.9 Å². The van der Waals surface area contributed by atoms with Crippen LogP contribution >= 0.6 is 0 Å². The van der Waals surface area contributed by atoms with Crippen molar-refractivity contribution in [3.63, 3.8) is 0 Å². The number of piperidine rings is 1. The average molecular weight is 466 g/mol. The maximum atomic E-state index is 15.3. The minimum Gasteiger partial charge on any atom is -0.376 e. The Morgan fingerprint density at radius 1 is 1.24 bits per heavy atom. The summed E-state index contributed by atoms with van der Waals surface area (Å²) in [4.78, 5) is 26.2. The molecule has 1 saturated carbocycles. The van der Waals surface area contributed by atoms with Crippen molar-refractivity contribution in [1.82, 2.24) is 15.5 Å². The molecule has 3 amide bonds. The Kier molecular flexibility index (Phi) is 7.19. The van der Waals surface area contributed by atoms with Crippen molar-refractivity contribution in [3.8, 4) is 0 Å². The van der Waals surface area contributed by atoms with E-state index >= 15 is 8.78 Å². The van der Waals surface area contributed by atoms with Gasteiger partial charge in [-0.1, -0.05) is 30.3 Å². The Bertz CT molecular complexity index is 832. The normalized spacial score (nSPS) is 31.8. The topological polar surface area (TPSA) is 79.9 Å². The molecule has 2 saturated heterocycles. The van der Waals surface area contributed by atoms with Crippen molar-refractivity contribution < 1.29 is 27.8 Å². The molecule has 3 aliphatic rings. The van der Waals surface area contributed by atoms with Gasteiger partial charge in [0.2, 0.25) is 5.91 Å². The summed E-state index contributed by atoms with van der Waals surface area (Å²) in [6.45, 7) is 1.31. The first-order valence-electron chi connectivity index (χ1n) is 11.8. The van der Waals surface area contributed by atoms with Gasteiger partial charge >= 0.3 is 6.03 Å². The number of amides is 3. The Morgan fingerprint density at radius 3 is 2.64 bits per heavy atom. The highest BCUT2D eigenvalue weighted by molar-refractivity contribution is 5.80. The molecule has 4 rings (SSSR count). The summed E-state index contributed by atoms with van der Waals surface area (Å²) in [5.41, 5.74) is -0.696. The van der Waals surface area contributed by atoms with Crippen LogP contribution < -0.4 is 10.6 Å². The van der Waals surface area contributed by atoms with Gasteiger partial charge in [-0.05, 0) is 44.1 Å². The van der Waals surface area contributed by atoms with Crippen LogP contribution in [0.3, 0.4) is 0 Å². The van der Waals surface area contributed by atoms with E-state index < -0.39 is 35.9 Å². The number of carbonyl (C=O) groups excluding carboxylic acids is 2. The van der Waals surface area contributed by atoms with Gasteiger partial charge in [0, 0.05) is 19.5 Å². The maximum absolute atomic E-state index is 15.3. The van der Waals surface area contributed by atoms with Crippen LogP contribution in [0.5, 0.6) is 0 Å². The molecule has 1 aliphatic carbocycles.